The number of para-hydroxylation sites is 1. The standard InChI is InChI=1S/C12H8F3NO/c13-12(14,15)11(17)7-8-5-6-16-10-4-2-1-3-9(8)10/h1-6H,7H2. The van der Waals surface area contributed by atoms with E-state index >= 15 is 0 Å². The summed E-state index contributed by atoms with van der Waals surface area (Å²) in [5, 5.41) is 0.576. The largest absolute Gasteiger partial charge is 0.450 e. The van der Waals surface area contributed by atoms with Crippen LogP contribution in [0.25, 0.3) is 10.9 Å². The van der Waals surface area contributed by atoms with Crippen LogP contribution >= 0.6 is 0 Å². The van der Waals surface area contributed by atoms with Gasteiger partial charge in [-0.05, 0) is 17.7 Å². The van der Waals surface area contributed by atoms with E-state index in [4.69, 9.17) is 0 Å². The molecule has 88 valence electrons. The van der Waals surface area contributed by atoms with Gasteiger partial charge in [0.05, 0.1) is 5.52 Å². The van der Waals surface area contributed by atoms with E-state index < -0.39 is 18.4 Å². The van der Waals surface area contributed by atoms with E-state index in [0.717, 1.165) is 0 Å². The summed E-state index contributed by atoms with van der Waals surface area (Å²) in [7, 11) is 0. The Labute approximate surface area is 95.1 Å². The number of fused-ring (bicyclic) bond motifs is 1. The molecule has 1 aromatic heterocycles. The maximum atomic E-state index is 12.2. The quantitative estimate of drug-likeness (QED) is 0.806. The summed E-state index contributed by atoms with van der Waals surface area (Å²) in [5.74, 6) is -1.74. The second kappa shape index (κ2) is 4.16. The molecule has 0 saturated heterocycles. The van der Waals surface area contributed by atoms with E-state index in [-0.39, 0.29) is 0 Å². The van der Waals surface area contributed by atoms with Gasteiger partial charge in [0.15, 0.2) is 0 Å². The molecule has 2 aromatic rings. The van der Waals surface area contributed by atoms with E-state index in [2.05, 4.69) is 4.98 Å². The number of nitrogens with zero attached hydrogens (tertiary/aromatic N) is 1. The molecule has 2 rings (SSSR count). The first-order valence-corrected chi connectivity index (χ1v) is 4.91. The lowest BCUT2D eigenvalue weighted by Gasteiger charge is -2.07. The number of pyridine rings is 1. The molecule has 17 heavy (non-hydrogen) atoms. The maximum Gasteiger partial charge on any atom is 0.450 e. The van der Waals surface area contributed by atoms with Gasteiger partial charge in [0.25, 0.3) is 0 Å². The highest BCUT2D eigenvalue weighted by Crippen LogP contribution is 2.22. The molecule has 0 amide bonds. The van der Waals surface area contributed by atoms with Crippen LogP contribution < -0.4 is 0 Å². The van der Waals surface area contributed by atoms with Gasteiger partial charge in [-0.3, -0.25) is 9.78 Å². The lowest BCUT2D eigenvalue weighted by Crippen LogP contribution is -2.24. The number of hydrogen-bond donors (Lipinski definition) is 0. The third kappa shape index (κ3) is 2.43. The molecule has 5 heteroatoms. The van der Waals surface area contributed by atoms with Gasteiger partial charge in [-0.1, -0.05) is 18.2 Å². The minimum atomic E-state index is -4.79. The highest BCUT2D eigenvalue weighted by Gasteiger charge is 2.37. The van der Waals surface area contributed by atoms with Crippen molar-refractivity contribution in [2.75, 3.05) is 0 Å². The Bertz CT molecular complexity index is 558. The fraction of sp³-hybridized carbons (Fsp3) is 0.167. The van der Waals surface area contributed by atoms with Crippen LogP contribution in [-0.2, 0) is 11.2 Å². The number of carbonyl (C=O) groups excluding carboxylic acids is 1. The molecule has 1 aromatic carbocycles. The van der Waals surface area contributed by atoms with Crippen molar-refractivity contribution in [3.8, 4) is 0 Å². The first-order valence-electron chi connectivity index (χ1n) is 4.91. The number of benzene rings is 1. The first kappa shape index (κ1) is 11.6. The van der Waals surface area contributed by atoms with Crippen molar-refractivity contribution in [3.63, 3.8) is 0 Å². The van der Waals surface area contributed by atoms with E-state index in [1.165, 1.54) is 12.3 Å². The van der Waals surface area contributed by atoms with Gasteiger partial charge in [-0.25, -0.2) is 0 Å². The van der Waals surface area contributed by atoms with Crippen LogP contribution in [-0.4, -0.2) is 16.9 Å². The average molecular weight is 239 g/mol. The number of ketones is 1. The second-order valence-corrected chi connectivity index (χ2v) is 3.58. The van der Waals surface area contributed by atoms with Crippen molar-refractivity contribution in [1.82, 2.24) is 4.98 Å². The van der Waals surface area contributed by atoms with Crippen molar-refractivity contribution in [2.24, 2.45) is 0 Å². The highest BCUT2D eigenvalue weighted by molar-refractivity contribution is 5.91. The molecule has 0 atom stereocenters. The van der Waals surface area contributed by atoms with Crippen LogP contribution in [0, 0.1) is 0 Å². The molecule has 0 N–H and O–H groups in total. The van der Waals surface area contributed by atoms with Gasteiger partial charge in [0.2, 0.25) is 5.78 Å². The molecular weight excluding hydrogens is 231 g/mol. The zero-order valence-electron chi connectivity index (χ0n) is 8.66. The fourth-order valence-corrected chi connectivity index (χ4v) is 1.58. The van der Waals surface area contributed by atoms with Crippen LogP contribution in [0.2, 0.25) is 0 Å². The van der Waals surface area contributed by atoms with Crippen LogP contribution in [0.1, 0.15) is 5.56 Å². The van der Waals surface area contributed by atoms with Gasteiger partial charge in [0, 0.05) is 18.0 Å². The Balaban J connectivity index is 2.40. The molecule has 0 radical (unpaired) electrons. The maximum absolute atomic E-state index is 12.2. The molecule has 0 aliphatic heterocycles. The minimum Gasteiger partial charge on any atom is -0.289 e. The average Bonchev–Trinajstić information content (AvgIpc) is 2.28. The molecular formula is C12H8F3NO. The van der Waals surface area contributed by atoms with E-state index in [0.29, 0.717) is 16.5 Å². The number of Topliss-reactive ketones (excluding diaryl/α,β-unsaturated/α-hetero) is 1. The molecule has 0 fully saturated rings. The lowest BCUT2D eigenvalue weighted by atomic mass is 10.0. The second-order valence-electron chi connectivity index (χ2n) is 3.58. The first-order chi connectivity index (χ1) is 7.98. The summed E-state index contributed by atoms with van der Waals surface area (Å²) in [4.78, 5) is 15.0. The number of carbonyl (C=O) groups is 1. The summed E-state index contributed by atoms with van der Waals surface area (Å²) >= 11 is 0. The number of halogens is 3. The molecule has 2 nitrogen and oxygen atoms in total. The number of hydrogen-bond acceptors (Lipinski definition) is 2. The Hall–Kier alpha value is -1.91. The molecule has 0 aliphatic rings. The van der Waals surface area contributed by atoms with E-state index in [9.17, 15) is 18.0 Å². The minimum absolute atomic E-state index is 0.345. The number of alkyl halides is 3. The zero-order valence-corrected chi connectivity index (χ0v) is 8.66. The van der Waals surface area contributed by atoms with Crippen LogP contribution in [0.15, 0.2) is 36.5 Å². The van der Waals surface area contributed by atoms with Crippen LogP contribution in [0.5, 0.6) is 0 Å². The van der Waals surface area contributed by atoms with Gasteiger partial charge in [-0.15, -0.1) is 0 Å². The van der Waals surface area contributed by atoms with Crippen molar-refractivity contribution < 1.29 is 18.0 Å². The third-order valence-corrected chi connectivity index (χ3v) is 2.41. The van der Waals surface area contributed by atoms with Crippen molar-refractivity contribution in [3.05, 3.63) is 42.1 Å². The van der Waals surface area contributed by atoms with Crippen LogP contribution in [0.3, 0.4) is 0 Å². The van der Waals surface area contributed by atoms with Gasteiger partial charge in [0.1, 0.15) is 0 Å². The van der Waals surface area contributed by atoms with E-state index in [1.54, 1.807) is 24.3 Å². The topological polar surface area (TPSA) is 30.0 Å². The molecule has 0 spiro atoms. The van der Waals surface area contributed by atoms with Gasteiger partial charge < -0.3 is 0 Å². The Morgan fingerprint density at radius 2 is 1.88 bits per heavy atom. The summed E-state index contributed by atoms with van der Waals surface area (Å²) in [5.41, 5.74) is 0.929. The van der Waals surface area contributed by atoms with Crippen molar-refractivity contribution >= 4 is 16.7 Å². The molecule has 0 aliphatic carbocycles. The summed E-state index contributed by atoms with van der Waals surface area (Å²) < 4.78 is 36.5. The molecule has 1 heterocycles. The smallest absolute Gasteiger partial charge is 0.289 e. The monoisotopic (exact) mass is 239 g/mol. The third-order valence-electron chi connectivity index (χ3n) is 2.41. The van der Waals surface area contributed by atoms with Crippen LogP contribution in [0.4, 0.5) is 13.2 Å². The van der Waals surface area contributed by atoms with Crippen molar-refractivity contribution in [2.45, 2.75) is 12.6 Å². The summed E-state index contributed by atoms with van der Waals surface area (Å²) in [6, 6.07) is 8.22. The molecule has 0 bridgehead atoms. The Morgan fingerprint density at radius 1 is 1.18 bits per heavy atom. The lowest BCUT2D eigenvalue weighted by molar-refractivity contribution is -0.170. The molecule has 0 unspecified atom stereocenters. The Morgan fingerprint density at radius 3 is 2.59 bits per heavy atom. The highest BCUT2D eigenvalue weighted by atomic mass is 19.4. The SMILES string of the molecule is O=C(Cc1ccnc2ccccc12)C(F)(F)F. The summed E-state index contributed by atoms with van der Waals surface area (Å²) in [6.07, 6.45) is -4.03. The van der Waals surface area contributed by atoms with Gasteiger partial charge in [-0.2, -0.15) is 13.2 Å². The zero-order chi connectivity index (χ0) is 12.5. The number of rotatable bonds is 2. The molecule has 0 saturated carbocycles. The predicted octanol–water partition coefficient (Wildman–Crippen LogP) is 2.91. The fourth-order valence-electron chi connectivity index (χ4n) is 1.58. The van der Waals surface area contributed by atoms with Gasteiger partial charge >= 0.3 is 6.18 Å². The normalized spacial score (nSPS) is 11.7. The number of aromatic nitrogens is 1. The summed E-state index contributed by atoms with van der Waals surface area (Å²) in [6.45, 7) is 0. The predicted molar refractivity (Wildman–Crippen MR) is 56.5 cm³/mol. The Kier molecular flexibility index (Phi) is 2.83. The van der Waals surface area contributed by atoms with Crippen molar-refractivity contribution in [1.29, 1.82) is 0 Å². The van der Waals surface area contributed by atoms with E-state index in [1.807, 2.05) is 0 Å².